The third kappa shape index (κ3) is 0.457. The molecule has 0 saturated carbocycles. The summed E-state index contributed by atoms with van der Waals surface area (Å²) in [5, 5.41) is 0. The summed E-state index contributed by atoms with van der Waals surface area (Å²) in [6.07, 6.45) is 3.18. The highest BCUT2D eigenvalue weighted by Gasteiger charge is 2.40. The monoisotopic (exact) mass is 111 g/mol. The maximum atomic E-state index is 10.8. The molecule has 2 aliphatic heterocycles. The number of nitrogens with zero attached hydrogens (tertiary/aromatic N) is 1. The van der Waals surface area contributed by atoms with Gasteiger partial charge in [-0.2, -0.15) is 0 Å². The molecular formula is C6H9NO. The molecule has 44 valence electrons. The molecule has 0 aromatic heterocycles. The summed E-state index contributed by atoms with van der Waals surface area (Å²) in [5.74, 6) is 0.376. The summed E-state index contributed by atoms with van der Waals surface area (Å²) in [4.78, 5) is 12.7. The van der Waals surface area contributed by atoms with Gasteiger partial charge in [0.2, 0.25) is 5.91 Å². The van der Waals surface area contributed by atoms with Crippen LogP contribution in [0.25, 0.3) is 0 Å². The lowest BCUT2D eigenvalue weighted by Gasteiger charge is -2.08. The van der Waals surface area contributed by atoms with Gasteiger partial charge in [-0.05, 0) is 12.8 Å². The van der Waals surface area contributed by atoms with Crippen LogP contribution in [0, 0.1) is 0 Å². The topological polar surface area (TPSA) is 20.1 Å². The van der Waals surface area contributed by atoms with E-state index in [1.165, 1.54) is 6.42 Å². The highest BCUT2D eigenvalue weighted by atomic mass is 16.2. The number of hydrogen-bond donors (Lipinski definition) is 0. The molecule has 0 aromatic carbocycles. The second-order valence-corrected chi connectivity index (χ2v) is 2.59. The van der Waals surface area contributed by atoms with Gasteiger partial charge in [0.25, 0.3) is 0 Å². The highest BCUT2D eigenvalue weighted by molar-refractivity contribution is 5.79. The zero-order chi connectivity index (χ0) is 5.56. The van der Waals surface area contributed by atoms with Gasteiger partial charge in [-0.25, -0.2) is 0 Å². The van der Waals surface area contributed by atoms with Gasteiger partial charge in [-0.1, -0.05) is 0 Å². The van der Waals surface area contributed by atoms with Crippen LogP contribution in [-0.4, -0.2) is 23.4 Å². The lowest BCUT2D eigenvalue weighted by molar-refractivity contribution is -0.127. The standard InChI is InChI=1S/C6H9NO/c8-6-3-1-2-5-4-7(5)6/h5H,1-4H2. The van der Waals surface area contributed by atoms with Crippen LogP contribution in [0.15, 0.2) is 0 Å². The van der Waals surface area contributed by atoms with E-state index in [1.54, 1.807) is 0 Å². The third-order valence-corrected chi connectivity index (χ3v) is 1.96. The molecule has 2 heterocycles. The van der Waals surface area contributed by atoms with Crippen LogP contribution < -0.4 is 0 Å². The molecule has 1 atom stereocenters. The van der Waals surface area contributed by atoms with E-state index in [2.05, 4.69) is 0 Å². The number of rotatable bonds is 0. The summed E-state index contributed by atoms with van der Waals surface area (Å²) in [6, 6.07) is 0.663. The first-order chi connectivity index (χ1) is 3.88. The number of hydrogen-bond acceptors (Lipinski definition) is 1. The summed E-state index contributed by atoms with van der Waals surface area (Å²) in [7, 11) is 0. The molecule has 2 nitrogen and oxygen atoms in total. The van der Waals surface area contributed by atoms with Gasteiger partial charge in [-0.15, -0.1) is 0 Å². The average Bonchev–Trinajstić information content (AvgIpc) is 2.45. The Morgan fingerprint density at radius 3 is 3.12 bits per heavy atom. The van der Waals surface area contributed by atoms with Gasteiger partial charge < -0.3 is 4.90 Å². The molecular weight excluding hydrogens is 102 g/mol. The summed E-state index contributed by atoms with van der Waals surface area (Å²) >= 11 is 0. The number of carbonyl (C=O) groups is 1. The van der Waals surface area contributed by atoms with Crippen molar-refractivity contribution >= 4 is 5.91 Å². The quantitative estimate of drug-likeness (QED) is 0.414. The molecule has 2 aliphatic rings. The van der Waals surface area contributed by atoms with Crippen LogP contribution in [0.2, 0.25) is 0 Å². The van der Waals surface area contributed by atoms with Crippen molar-refractivity contribution in [3.05, 3.63) is 0 Å². The van der Waals surface area contributed by atoms with Crippen LogP contribution in [0.4, 0.5) is 0 Å². The van der Waals surface area contributed by atoms with Crippen LogP contribution in [0.3, 0.4) is 0 Å². The Bertz CT molecular complexity index is 132. The number of carbonyl (C=O) groups excluding carboxylic acids is 1. The minimum Gasteiger partial charge on any atom is -0.336 e. The number of amides is 1. The Hall–Kier alpha value is -0.530. The van der Waals surface area contributed by atoms with Crippen LogP contribution in [0.5, 0.6) is 0 Å². The molecule has 2 rings (SSSR count). The maximum absolute atomic E-state index is 10.8. The van der Waals surface area contributed by atoms with E-state index < -0.39 is 0 Å². The number of piperidine rings is 1. The minimum absolute atomic E-state index is 0.376. The normalized spacial score (nSPS) is 34.8. The summed E-state index contributed by atoms with van der Waals surface area (Å²) in [6.45, 7) is 1.05. The zero-order valence-electron chi connectivity index (χ0n) is 4.76. The van der Waals surface area contributed by atoms with Crippen molar-refractivity contribution in [2.24, 2.45) is 0 Å². The van der Waals surface area contributed by atoms with E-state index in [0.717, 1.165) is 19.4 Å². The van der Waals surface area contributed by atoms with E-state index in [4.69, 9.17) is 0 Å². The molecule has 1 unspecified atom stereocenters. The molecule has 0 aliphatic carbocycles. The molecule has 8 heavy (non-hydrogen) atoms. The van der Waals surface area contributed by atoms with Crippen molar-refractivity contribution in [3.63, 3.8) is 0 Å². The molecule has 2 saturated heterocycles. The van der Waals surface area contributed by atoms with E-state index >= 15 is 0 Å². The molecule has 2 heteroatoms. The van der Waals surface area contributed by atoms with E-state index in [-0.39, 0.29) is 0 Å². The Labute approximate surface area is 48.5 Å². The Balaban J connectivity index is 2.08. The first-order valence-corrected chi connectivity index (χ1v) is 3.17. The fourth-order valence-electron chi connectivity index (χ4n) is 1.37. The minimum atomic E-state index is 0.376. The fraction of sp³-hybridized carbons (Fsp3) is 0.833. The van der Waals surface area contributed by atoms with Gasteiger partial charge in [0.1, 0.15) is 0 Å². The van der Waals surface area contributed by atoms with Gasteiger partial charge in [0.15, 0.2) is 0 Å². The second kappa shape index (κ2) is 1.24. The lowest BCUT2D eigenvalue weighted by atomic mass is 10.1. The maximum Gasteiger partial charge on any atom is 0.222 e. The molecule has 0 spiro atoms. The van der Waals surface area contributed by atoms with E-state index in [1.807, 2.05) is 4.90 Å². The Kier molecular flexibility index (Phi) is 0.678. The fourth-order valence-corrected chi connectivity index (χ4v) is 1.37. The van der Waals surface area contributed by atoms with E-state index in [9.17, 15) is 4.79 Å². The van der Waals surface area contributed by atoms with Gasteiger partial charge in [0.05, 0.1) is 0 Å². The molecule has 1 amide bonds. The number of fused-ring (bicyclic) bond motifs is 1. The molecule has 2 fully saturated rings. The molecule has 0 bridgehead atoms. The SMILES string of the molecule is O=C1CCCC2CN12. The molecule has 0 N–H and O–H groups in total. The largest absolute Gasteiger partial charge is 0.336 e. The second-order valence-electron chi connectivity index (χ2n) is 2.59. The highest BCUT2D eigenvalue weighted by Crippen LogP contribution is 2.29. The Morgan fingerprint density at radius 2 is 2.50 bits per heavy atom. The van der Waals surface area contributed by atoms with Gasteiger partial charge in [0, 0.05) is 19.0 Å². The summed E-state index contributed by atoms with van der Waals surface area (Å²) < 4.78 is 0. The van der Waals surface area contributed by atoms with Crippen LogP contribution in [0.1, 0.15) is 19.3 Å². The Morgan fingerprint density at radius 1 is 1.62 bits per heavy atom. The van der Waals surface area contributed by atoms with Crippen molar-refractivity contribution in [1.82, 2.24) is 4.90 Å². The predicted octanol–water partition coefficient (Wildman–Crippen LogP) is 0.381. The third-order valence-electron chi connectivity index (χ3n) is 1.96. The average molecular weight is 111 g/mol. The first kappa shape index (κ1) is 4.36. The molecule has 0 radical (unpaired) electrons. The van der Waals surface area contributed by atoms with Gasteiger partial charge >= 0.3 is 0 Å². The molecule has 0 aromatic rings. The first-order valence-electron chi connectivity index (χ1n) is 3.17. The van der Waals surface area contributed by atoms with Gasteiger partial charge in [-0.3, -0.25) is 4.79 Å². The summed E-state index contributed by atoms with van der Waals surface area (Å²) in [5.41, 5.74) is 0. The van der Waals surface area contributed by atoms with Crippen molar-refractivity contribution < 1.29 is 4.79 Å². The van der Waals surface area contributed by atoms with Crippen molar-refractivity contribution in [1.29, 1.82) is 0 Å². The smallest absolute Gasteiger partial charge is 0.222 e. The van der Waals surface area contributed by atoms with Crippen LogP contribution in [-0.2, 0) is 4.79 Å². The van der Waals surface area contributed by atoms with Crippen molar-refractivity contribution in [2.45, 2.75) is 25.3 Å². The van der Waals surface area contributed by atoms with Crippen molar-refractivity contribution in [2.75, 3.05) is 6.54 Å². The van der Waals surface area contributed by atoms with E-state index in [0.29, 0.717) is 11.9 Å². The predicted molar refractivity (Wildman–Crippen MR) is 29.4 cm³/mol. The zero-order valence-corrected chi connectivity index (χ0v) is 4.76. The van der Waals surface area contributed by atoms with Crippen molar-refractivity contribution in [3.8, 4) is 0 Å². The lowest BCUT2D eigenvalue weighted by Crippen LogP contribution is -2.17. The van der Waals surface area contributed by atoms with Crippen LogP contribution >= 0.6 is 0 Å².